The molecule has 1 atom stereocenters. The van der Waals surface area contributed by atoms with Gasteiger partial charge >= 0.3 is 6.03 Å². The molecule has 8 heteroatoms. The van der Waals surface area contributed by atoms with Crippen LogP contribution in [0.4, 0.5) is 4.79 Å². The number of fused-ring (bicyclic) bond motifs is 1. The molecule has 0 aliphatic carbocycles. The maximum Gasteiger partial charge on any atom is 0.322 e. The van der Waals surface area contributed by atoms with Crippen molar-refractivity contribution < 1.29 is 9.59 Å². The van der Waals surface area contributed by atoms with Crippen LogP contribution < -0.4 is 10.6 Å². The Balaban J connectivity index is 1.68. The van der Waals surface area contributed by atoms with Crippen molar-refractivity contribution in [2.24, 2.45) is 5.41 Å². The van der Waals surface area contributed by atoms with E-state index in [-0.39, 0.29) is 17.4 Å². The van der Waals surface area contributed by atoms with Crippen molar-refractivity contribution in [3.05, 3.63) is 29.2 Å². The number of rotatable bonds is 4. The number of pyridine rings is 1. The van der Waals surface area contributed by atoms with Crippen molar-refractivity contribution in [2.75, 3.05) is 13.1 Å². The number of hydrogen-bond acceptors (Lipinski definition) is 5. The van der Waals surface area contributed by atoms with Crippen LogP contribution in [-0.2, 0) is 11.2 Å². The number of amides is 3. The van der Waals surface area contributed by atoms with Gasteiger partial charge in [-0.25, -0.2) is 4.79 Å². The maximum absolute atomic E-state index is 12.3. The molecule has 2 saturated heterocycles. The lowest BCUT2D eigenvalue weighted by atomic mass is 9.84. The minimum Gasteiger partial charge on any atom is -0.346 e. The average molecular weight is 423 g/mol. The fraction of sp³-hybridized carbons (Fsp3) is 0.565. The normalized spacial score (nSPS) is 20.0. The summed E-state index contributed by atoms with van der Waals surface area (Å²) in [5.41, 5.74) is 3.00. The number of nitrogens with one attached hydrogen (secondary N) is 3. The second kappa shape index (κ2) is 7.65. The van der Waals surface area contributed by atoms with Crippen LogP contribution in [0.5, 0.6) is 0 Å². The first-order valence-electron chi connectivity index (χ1n) is 10.9. The number of nitriles is 1. The lowest BCUT2D eigenvalue weighted by Crippen LogP contribution is -2.55. The average Bonchev–Trinajstić information content (AvgIpc) is 3.25. The van der Waals surface area contributed by atoms with E-state index < -0.39 is 11.6 Å². The van der Waals surface area contributed by atoms with E-state index in [4.69, 9.17) is 4.98 Å². The highest BCUT2D eigenvalue weighted by Crippen LogP contribution is 2.37. The van der Waals surface area contributed by atoms with Gasteiger partial charge in [-0.1, -0.05) is 27.7 Å². The smallest absolute Gasteiger partial charge is 0.322 e. The monoisotopic (exact) mass is 422 g/mol. The Bertz CT molecular complexity index is 1070. The van der Waals surface area contributed by atoms with Crippen molar-refractivity contribution in [1.82, 2.24) is 25.5 Å². The molecule has 8 nitrogen and oxygen atoms in total. The standard InChI is InChI=1S/C23H30N6O2/c1-5-17(29-8-6-23(7-9-29)20(30)27-21(31)28-23)19-16(11-22(2,3)4)18-14(13-25-19)10-15(12-24)26-18/h10,13,17,26H,5-9,11H2,1-4H3,(H2,27,28,30,31). The first kappa shape index (κ1) is 21.3. The van der Waals surface area contributed by atoms with Gasteiger partial charge in [0.1, 0.15) is 17.3 Å². The van der Waals surface area contributed by atoms with Crippen molar-refractivity contribution in [1.29, 1.82) is 5.26 Å². The zero-order chi connectivity index (χ0) is 22.4. The predicted molar refractivity (Wildman–Crippen MR) is 117 cm³/mol. The van der Waals surface area contributed by atoms with E-state index in [1.165, 1.54) is 0 Å². The predicted octanol–water partition coefficient (Wildman–Crippen LogP) is 3.15. The summed E-state index contributed by atoms with van der Waals surface area (Å²) in [6, 6.07) is 3.76. The number of imide groups is 1. The van der Waals surface area contributed by atoms with Crippen LogP contribution in [0.1, 0.15) is 70.0 Å². The minimum absolute atomic E-state index is 0.0547. The Morgan fingerprint density at radius 3 is 2.55 bits per heavy atom. The zero-order valence-electron chi connectivity index (χ0n) is 18.6. The van der Waals surface area contributed by atoms with Crippen molar-refractivity contribution in [3.8, 4) is 6.07 Å². The van der Waals surface area contributed by atoms with E-state index in [1.807, 2.05) is 12.3 Å². The minimum atomic E-state index is -0.779. The summed E-state index contributed by atoms with van der Waals surface area (Å²) in [4.78, 5) is 34.5. The zero-order valence-corrected chi connectivity index (χ0v) is 18.6. The number of nitrogens with zero attached hydrogens (tertiary/aromatic N) is 3. The van der Waals surface area contributed by atoms with Gasteiger partial charge in [-0.3, -0.25) is 20.0 Å². The van der Waals surface area contributed by atoms with Gasteiger partial charge in [0.05, 0.1) is 17.3 Å². The highest BCUT2D eigenvalue weighted by atomic mass is 16.2. The molecule has 4 rings (SSSR count). The molecule has 0 saturated carbocycles. The van der Waals surface area contributed by atoms with E-state index >= 15 is 0 Å². The number of hydrogen-bond donors (Lipinski definition) is 3. The third-order valence-corrected chi connectivity index (χ3v) is 6.44. The Morgan fingerprint density at radius 1 is 1.29 bits per heavy atom. The molecule has 0 bridgehead atoms. The van der Waals surface area contributed by atoms with Gasteiger partial charge in [0.25, 0.3) is 5.91 Å². The SMILES string of the molecule is CCC(c1ncc2cc(C#N)[nH]c2c1CC(C)(C)C)N1CCC2(CC1)NC(=O)NC2=O. The van der Waals surface area contributed by atoms with Gasteiger partial charge in [0.15, 0.2) is 0 Å². The molecule has 2 aromatic rings. The number of carbonyl (C=O) groups excluding carboxylic acids is 2. The van der Waals surface area contributed by atoms with Gasteiger partial charge in [0, 0.05) is 24.7 Å². The summed E-state index contributed by atoms with van der Waals surface area (Å²) in [5.74, 6) is -0.214. The van der Waals surface area contributed by atoms with E-state index in [0.29, 0.717) is 31.6 Å². The van der Waals surface area contributed by atoms with E-state index in [0.717, 1.165) is 35.0 Å². The van der Waals surface area contributed by atoms with Gasteiger partial charge in [-0.15, -0.1) is 0 Å². The number of likely N-dealkylation sites (tertiary alicyclic amines) is 1. The van der Waals surface area contributed by atoms with E-state index in [9.17, 15) is 14.9 Å². The number of H-pyrrole nitrogens is 1. The van der Waals surface area contributed by atoms with Crippen LogP contribution >= 0.6 is 0 Å². The molecule has 0 aromatic carbocycles. The third kappa shape index (κ3) is 3.90. The largest absolute Gasteiger partial charge is 0.346 e. The van der Waals surface area contributed by atoms with Crippen LogP contribution in [0.2, 0.25) is 0 Å². The molecule has 2 fully saturated rings. The topological polar surface area (TPSA) is 114 Å². The van der Waals surface area contributed by atoms with Crippen molar-refractivity contribution in [3.63, 3.8) is 0 Å². The summed E-state index contributed by atoms with van der Waals surface area (Å²) >= 11 is 0. The summed E-state index contributed by atoms with van der Waals surface area (Å²) in [5, 5.41) is 15.5. The molecule has 3 N–H and O–H groups in total. The second-order valence-corrected chi connectivity index (χ2v) is 9.93. The molecule has 2 aromatic heterocycles. The van der Waals surface area contributed by atoms with Gasteiger partial charge in [-0.05, 0) is 42.7 Å². The molecule has 1 unspecified atom stereocenters. The molecule has 164 valence electrons. The highest BCUT2D eigenvalue weighted by molar-refractivity contribution is 6.07. The molecule has 2 aliphatic heterocycles. The van der Waals surface area contributed by atoms with Gasteiger partial charge < -0.3 is 10.3 Å². The molecular formula is C23H30N6O2. The number of aromatic amines is 1. The number of aromatic nitrogens is 2. The van der Waals surface area contributed by atoms with Crippen LogP contribution in [-0.4, -0.2) is 45.4 Å². The van der Waals surface area contributed by atoms with Gasteiger partial charge in [-0.2, -0.15) is 5.26 Å². The summed E-state index contributed by atoms with van der Waals surface area (Å²) in [6.07, 6.45) is 4.74. The highest BCUT2D eigenvalue weighted by Gasteiger charge is 2.48. The quantitative estimate of drug-likeness (QED) is 0.655. The fourth-order valence-electron chi connectivity index (χ4n) is 4.95. The Kier molecular flexibility index (Phi) is 5.26. The molecule has 0 radical (unpaired) electrons. The number of piperidine rings is 1. The molecule has 2 aliphatic rings. The Labute approximate surface area is 182 Å². The first-order valence-corrected chi connectivity index (χ1v) is 10.9. The van der Waals surface area contributed by atoms with E-state index in [1.54, 1.807) is 0 Å². The van der Waals surface area contributed by atoms with E-state index in [2.05, 4.69) is 54.3 Å². The molecule has 3 amide bonds. The summed E-state index contributed by atoms with van der Waals surface area (Å²) in [6.45, 7) is 10.2. The molecular weight excluding hydrogens is 392 g/mol. The first-order chi connectivity index (χ1) is 14.7. The number of urea groups is 1. The van der Waals surface area contributed by atoms with Gasteiger partial charge in [0.2, 0.25) is 0 Å². The third-order valence-electron chi connectivity index (χ3n) is 6.44. The molecule has 4 heterocycles. The maximum atomic E-state index is 12.3. The van der Waals surface area contributed by atoms with Crippen LogP contribution in [0.25, 0.3) is 10.9 Å². The Morgan fingerprint density at radius 2 is 2.00 bits per heavy atom. The second-order valence-electron chi connectivity index (χ2n) is 9.93. The fourth-order valence-corrected chi connectivity index (χ4v) is 4.95. The van der Waals surface area contributed by atoms with Crippen molar-refractivity contribution >= 4 is 22.8 Å². The van der Waals surface area contributed by atoms with Crippen LogP contribution in [0.3, 0.4) is 0 Å². The van der Waals surface area contributed by atoms with Crippen LogP contribution in [0.15, 0.2) is 12.3 Å². The summed E-state index contributed by atoms with van der Waals surface area (Å²) in [7, 11) is 0. The molecule has 1 spiro atoms. The lowest BCUT2D eigenvalue weighted by molar-refractivity contribution is -0.125. The van der Waals surface area contributed by atoms with Crippen LogP contribution in [0, 0.1) is 16.7 Å². The van der Waals surface area contributed by atoms with Crippen molar-refractivity contribution in [2.45, 2.75) is 65.0 Å². The summed E-state index contributed by atoms with van der Waals surface area (Å²) < 4.78 is 0. The molecule has 31 heavy (non-hydrogen) atoms. The Hall–Kier alpha value is -2.92. The number of carbonyl (C=O) groups is 2. The lowest BCUT2D eigenvalue weighted by Gasteiger charge is -2.41.